The van der Waals surface area contributed by atoms with Crippen LogP contribution < -0.4 is 0 Å². The van der Waals surface area contributed by atoms with E-state index in [-0.39, 0.29) is 0 Å². The molecule has 44 heavy (non-hydrogen) atoms. The summed E-state index contributed by atoms with van der Waals surface area (Å²) >= 11 is 0. The number of nitrogens with zero attached hydrogens (tertiary/aromatic N) is 3. The molecule has 0 radical (unpaired) electrons. The van der Waals surface area contributed by atoms with E-state index in [0.29, 0.717) is 11.5 Å². The average Bonchev–Trinajstić information content (AvgIpc) is 3.62. The van der Waals surface area contributed by atoms with Crippen molar-refractivity contribution in [2.75, 3.05) is 0 Å². The number of rotatable bonds is 2. The van der Waals surface area contributed by atoms with Crippen LogP contribution in [0.25, 0.3) is 93.4 Å². The molecule has 0 aliphatic heterocycles. The van der Waals surface area contributed by atoms with Crippen LogP contribution in [0.2, 0.25) is 0 Å². The van der Waals surface area contributed by atoms with Crippen molar-refractivity contribution in [2.45, 2.75) is 0 Å². The van der Waals surface area contributed by atoms with Gasteiger partial charge in [-0.1, -0.05) is 103 Å². The third kappa shape index (κ3) is 3.28. The van der Waals surface area contributed by atoms with E-state index in [1.54, 1.807) is 0 Å². The quantitative estimate of drug-likeness (QED) is 0.197. The number of hydrogen-bond acceptors (Lipinski definition) is 3. The van der Waals surface area contributed by atoms with E-state index in [4.69, 9.17) is 14.4 Å². The van der Waals surface area contributed by atoms with Crippen LogP contribution >= 0.6 is 0 Å². The summed E-state index contributed by atoms with van der Waals surface area (Å²) in [7, 11) is 0. The lowest BCUT2D eigenvalue weighted by Gasteiger charge is -2.11. The van der Waals surface area contributed by atoms with Gasteiger partial charge < -0.3 is 4.42 Å². The van der Waals surface area contributed by atoms with Crippen LogP contribution in [0.4, 0.5) is 0 Å². The van der Waals surface area contributed by atoms with E-state index in [2.05, 4.69) is 126 Å². The van der Waals surface area contributed by atoms with Gasteiger partial charge in [-0.2, -0.15) is 0 Å². The second kappa shape index (κ2) is 8.76. The van der Waals surface area contributed by atoms with Crippen molar-refractivity contribution in [1.29, 1.82) is 0 Å². The van der Waals surface area contributed by atoms with Crippen LogP contribution in [0, 0.1) is 0 Å². The molecule has 0 bridgehead atoms. The highest BCUT2D eigenvalue weighted by Gasteiger charge is 2.21. The zero-order chi connectivity index (χ0) is 28.8. The van der Waals surface area contributed by atoms with E-state index in [1.807, 2.05) is 18.2 Å². The van der Waals surface area contributed by atoms with Crippen LogP contribution in [0.15, 0.2) is 144 Å². The minimum atomic E-state index is 0.624. The molecule has 0 aliphatic rings. The van der Waals surface area contributed by atoms with E-state index in [0.717, 1.165) is 44.2 Å². The first-order valence-corrected chi connectivity index (χ1v) is 14.8. The highest BCUT2D eigenvalue weighted by Crippen LogP contribution is 2.39. The molecule has 0 saturated heterocycles. The first kappa shape index (κ1) is 23.6. The Labute approximate surface area is 251 Å². The molecule has 0 saturated carbocycles. The van der Waals surface area contributed by atoms with E-state index in [9.17, 15) is 0 Å². The van der Waals surface area contributed by atoms with Gasteiger partial charge in [0.05, 0.1) is 11.0 Å². The third-order valence-corrected chi connectivity index (χ3v) is 8.97. The summed E-state index contributed by atoms with van der Waals surface area (Å²) in [4.78, 5) is 10.6. The summed E-state index contributed by atoms with van der Waals surface area (Å²) in [5.41, 5.74) is 6.23. The van der Waals surface area contributed by atoms with Gasteiger partial charge in [0.2, 0.25) is 5.95 Å². The summed E-state index contributed by atoms with van der Waals surface area (Å²) < 4.78 is 8.70. The summed E-state index contributed by atoms with van der Waals surface area (Å²) in [5.74, 6) is 0.624. The van der Waals surface area contributed by atoms with Crippen LogP contribution in [-0.4, -0.2) is 14.5 Å². The number of aromatic nitrogens is 3. The monoisotopic (exact) mass is 561 g/mol. The van der Waals surface area contributed by atoms with E-state index >= 15 is 0 Å². The van der Waals surface area contributed by atoms with Gasteiger partial charge in [-0.25, -0.2) is 9.97 Å². The van der Waals surface area contributed by atoms with Crippen molar-refractivity contribution >= 4 is 76.2 Å². The molecule has 10 rings (SSSR count). The Morgan fingerprint density at radius 3 is 2.02 bits per heavy atom. The predicted octanol–water partition coefficient (Wildman–Crippen LogP) is 10.6. The Bertz CT molecular complexity index is 2790. The molecule has 3 heterocycles. The van der Waals surface area contributed by atoms with Gasteiger partial charge in [0.1, 0.15) is 16.8 Å². The highest BCUT2D eigenvalue weighted by atomic mass is 16.3. The van der Waals surface area contributed by atoms with Crippen molar-refractivity contribution in [1.82, 2.24) is 14.5 Å². The molecule has 0 spiro atoms. The highest BCUT2D eigenvalue weighted by molar-refractivity contribution is 6.14. The number of hydrogen-bond donors (Lipinski definition) is 0. The minimum Gasteiger partial charge on any atom is -0.452 e. The summed E-state index contributed by atoms with van der Waals surface area (Å²) in [5, 5.41) is 10.6. The second-order valence-electron chi connectivity index (χ2n) is 11.4. The summed E-state index contributed by atoms with van der Waals surface area (Å²) in [6.45, 7) is 0. The maximum absolute atomic E-state index is 6.49. The lowest BCUT2D eigenvalue weighted by atomic mass is 9.99. The van der Waals surface area contributed by atoms with Crippen molar-refractivity contribution in [3.8, 4) is 17.2 Å². The standard InChI is InChI=1S/C40H23N3O/c1-2-11-26-23-35-33(22-25(26)10-1)31-13-5-7-15-34(31)43(35)40-41-37(39-38(42-40)32-14-6-8-16-36(32)44-39)28-19-20-30-27(21-28)18-17-24-9-3-4-12-29(24)30/h1-23H. The lowest BCUT2D eigenvalue weighted by Crippen LogP contribution is -2.03. The van der Waals surface area contributed by atoms with E-state index < -0.39 is 0 Å². The van der Waals surface area contributed by atoms with Gasteiger partial charge in [0, 0.05) is 21.7 Å². The second-order valence-corrected chi connectivity index (χ2v) is 11.4. The Morgan fingerprint density at radius 2 is 1.14 bits per heavy atom. The van der Waals surface area contributed by atoms with Gasteiger partial charge in [-0.15, -0.1) is 0 Å². The first-order valence-electron chi connectivity index (χ1n) is 14.8. The van der Waals surface area contributed by atoms with Crippen LogP contribution in [0.3, 0.4) is 0 Å². The van der Waals surface area contributed by atoms with E-state index in [1.165, 1.54) is 37.7 Å². The molecule has 4 heteroatoms. The molecule has 0 amide bonds. The molecule has 0 fully saturated rings. The lowest BCUT2D eigenvalue weighted by molar-refractivity contribution is 0.666. The normalized spacial score (nSPS) is 12.1. The Kier molecular flexibility index (Phi) is 4.69. The zero-order valence-electron chi connectivity index (χ0n) is 23.5. The largest absolute Gasteiger partial charge is 0.452 e. The van der Waals surface area contributed by atoms with Gasteiger partial charge in [-0.05, 0) is 68.7 Å². The molecular weight excluding hydrogens is 538 g/mol. The number of benzene rings is 7. The number of fused-ring (bicyclic) bond motifs is 10. The van der Waals surface area contributed by atoms with Crippen molar-refractivity contribution in [3.63, 3.8) is 0 Å². The molecule has 7 aromatic carbocycles. The van der Waals surface area contributed by atoms with Crippen LogP contribution in [-0.2, 0) is 0 Å². The molecule has 0 N–H and O–H groups in total. The topological polar surface area (TPSA) is 43.9 Å². The van der Waals surface area contributed by atoms with Gasteiger partial charge in [-0.3, -0.25) is 4.57 Å². The zero-order valence-corrected chi connectivity index (χ0v) is 23.5. The number of furan rings is 1. The molecular formula is C40H23N3O. The molecule has 0 aliphatic carbocycles. The fourth-order valence-corrected chi connectivity index (χ4v) is 6.91. The Morgan fingerprint density at radius 1 is 0.455 bits per heavy atom. The Hall–Kier alpha value is -6.00. The third-order valence-electron chi connectivity index (χ3n) is 8.97. The molecule has 204 valence electrons. The molecule has 0 unspecified atom stereocenters. The SMILES string of the molecule is c1ccc2cc3c(cc2c1)c1ccccc1n3-c1nc(-c2ccc3c(ccc4ccccc43)c2)c2oc3ccccc3c2n1. The maximum atomic E-state index is 6.49. The molecule has 0 atom stereocenters. The molecule has 4 nitrogen and oxygen atoms in total. The van der Waals surface area contributed by atoms with Gasteiger partial charge >= 0.3 is 0 Å². The average molecular weight is 562 g/mol. The molecule has 10 aromatic rings. The number of para-hydroxylation sites is 2. The predicted molar refractivity (Wildman–Crippen MR) is 182 cm³/mol. The smallest absolute Gasteiger partial charge is 0.236 e. The fourth-order valence-electron chi connectivity index (χ4n) is 6.91. The maximum Gasteiger partial charge on any atom is 0.236 e. The summed E-state index contributed by atoms with van der Waals surface area (Å²) in [6, 6.07) is 49.2. The molecule has 3 aromatic heterocycles. The fraction of sp³-hybridized carbons (Fsp3) is 0. The van der Waals surface area contributed by atoms with Crippen LogP contribution in [0.1, 0.15) is 0 Å². The first-order chi connectivity index (χ1) is 21.8. The van der Waals surface area contributed by atoms with Crippen molar-refractivity contribution in [3.05, 3.63) is 140 Å². The Balaban J connectivity index is 1.32. The minimum absolute atomic E-state index is 0.624. The van der Waals surface area contributed by atoms with Gasteiger partial charge in [0.25, 0.3) is 0 Å². The van der Waals surface area contributed by atoms with Crippen molar-refractivity contribution < 1.29 is 4.42 Å². The van der Waals surface area contributed by atoms with Crippen LogP contribution in [0.5, 0.6) is 0 Å². The van der Waals surface area contributed by atoms with Crippen molar-refractivity contribution in [2.24, 2.45) is 0 Å². The van der Waals surface area contributed by atoms with Gasteiger partial charge in [0.15, 0.2) is 5.58 Å². The summed E-state index contributed by atoms with van der Waals surface area (Å²) in [6.07, 6.45) is 0.